The van der Waals surface area contributed by atoms with E-state index in [0.717, 1.165) is 47.2 Å². The van der Waals surface area contributed by atoms with Gasteiger partial charge < -0.3 is 5.32 Å². The number of para-hydroxylation sites is 1. The second-order valence-electron chi connectivity index (χ2n) is 7.81. The standard InChI is InChI=1S/C26H27F2N/c1-2-3-4-5-6-15-24-25-21(16-17-22(27)26(25)28)19-12-8-7-11-18(19)20-13-9-10-14-23(20)29-24/h7-14,16-17,24,29H,2-6,15H2,1H3/t24-/m0/s1. The number of anilines is 1. The molecule has 0 radical (unpaired) electrons. The average molecular weight is 392 g/mol. The van der Waals surface area contributed by atoms with Crippen LogP contribution in [0, 0.1) is 11.6 Å². The molecule has 1 aliphatic rings. The summed E-state index contributed by atoms with van der Waals surface area (Å²) < 4.78 is 29.4. The van der Waals surface area contributed by atoms with Crippen LogP contribution < -0.4 is 5.32 Å². The quantitative estimate of drug-likeness (QED) is 0.418. The zero-order valence-electron chi connectivity index (χ0n) is 16.8. The lowest BCUT2D eigenvalue weighted by Gasteiger charge is -2.29. The topological polar surface area (TPSA) is 12.0 Å². The van der Waals surface area contributed by atoms with Crippen LogP contribution in [-0.4, -0.2) is 0 Å². The van der Waals surface area contributed by atoms with Gasteiger partial charge in [-0.3, -0.25) is 0 Å². The fraction of sp³-hybridized carbons (Fsp3) is 0.308. The van der Waals surface area contributed by atoms with Crippen molar-refractivity contribution >= 4 is 5.69 Å². The van der Waals surface area contributed by atoms with E-state index in [1.807, 2.05) is 42.5 Å². The molecule has 29 heavy (non-hydrogen) atoms. The maximum atomic E-state index is 15.1. The van der Waals surface area contributed by atoms with E-state index in [9.17, 15) is 4.39 Å². The number of halogens is 2. The third-order valence-electron chi connectivity index (χ3n) is 5.84. The van der Waals surface area contributed by atoms with Crippen molar-refractivity contribution in [2.45, 2.75) is 51.5 Å². The van der Waals surface area contributed by atoms with E-state index >= 15 is 4.39 Å². The molecule has 1 nitrogen and oxygen atoms in total. The van der Waals surface area contributed by atoms with Gasteiger partial charge in [0.25, 0.3) is 0 Å². The lowest BCUT2D eigenvalue weighted by molar-refractivity contribution is 0.483. The Labute approximate surface area is 171 Å². The SMILES string of the molecule is CCCCCCC[C@@H]1Nc2ccccc2-c2ccccc2-c2ccc(F)c(F)c21. The molecule has 0 spiro atoms. The number of hydrogen-bond acceptors (Lipinski definition) is 1. The number of hydrogen-bond donors (Lipinski definition) is 1. The number of nitrogens with one attached hydrogen (secondary N) is 1. The van der Waals surface area contributed by atoms with Gasteiger partial charge in [-0.05, 0) is 35.2 Å². The van der Waals surface area contributed by atoms with E-state index < -0.39 is 11.6 Å². The minimum Gasteiger partial charge on any atom is -0.378 e. The Bertz CT molecular complexity index is 996. The van der Waals surface area contributed by atoms with Crippen LogP contribution in [0.15, 0.2) is 60.7 Å². The molecule has 0 amide bonds. The summed E-state index contributed by atoms with van der Waals surface area (Å²) in [5.41, 5.74) is 5.26. The Kier molecular flexibility index (Phi) is 5.94. The molecule has 1 atom stereocenters. The van der Waals surface area contributed by atoms with Crippen molar-refractivity contribution in [3.63, 3.8) is 0 Å². The predicted molar refractivity (Wildman–Crippen MR) is 117 cm³/mol. The van der Waals surface area contributed by atoms with E-state index in [-0.39, 0.29) is 6.04 Å². The molecule has 0 unspecified atom stereocenters. The third-order valence-corrected chi connectivity index (χ3v) is 5.84. The molecule has 3 heteroatoms. The molecule has 1 aliphatic heterocycles. The van der Waals surface area contributed by atoms with Crippen LogP contribution in [0.4, 0.5) is 14.5 Å². The molecule has 0 aliphatic carbocycles. The molecule has 0 aromatic heterocycles. The molecular weight excluding hydrogens is 364 g/mol. The van der Waals surface area contributed by atoms with E-state index in [2.05, 4.69) is 18.3 Å². The van der Waals surface area contributed by atoms with E-state index in [0.29, 0.717) is 5.56 Å². The maximum absolute atomic E-state index is 15.1. The van der Waals surface area contributed by atoms with Crippen molar-refractivity contribution in [1.29, 1.82) is 0 Å². The summed E-state index contributed by atoms with van der Waals surface area (Å²) in [6.45, 7) is 2.19. The number of unbranched alkanes of at least 4 members (excludes halogenated alkanes) is 4. The zero-order valence-corrected chi connectivity index (χ0v) is 16.8. The molecule has 1 N–H and O–H groups in total. The van der Waals surface area contributed by atoms with Crippen molar-refractivity contribution in [2.24, 2.45) is 0 Å². The van der Waals surface area contributed by atoms with E-state index in [1.165, 1.54) is 25.3 Å². The summed E-state index contributed by atoms with van der Waals surface area (Å²) >= 11 is 0. The highest BCUT2D eigenvalue weighted by Gasteiger charge is 2.27. The first kappa shape index (κ1) is 19.6. The smallest absolute Gasteiger partial charge is 0.164 e. The highest BCUT2D eigenvalue weighted by Crippen LogP contribution is 2.44. The Balaban J connectivity index is 1.83. The van der Waals surface area contributed by atoms with Crippen molar-refractivity contribution in [3.05, 3.63) is 77.9 Å². The van der Waals surface area contributed by atoms with Gasteiger partial charge in [-0.15, -0.1) is 0 Å². The summed E-state index contributed by atoms with van der Waals surface area (Å²) in [5, 5.41) is 3.55. The molecule has 0 saturated carbocycles. The first-order valence-electron chi connectivity index (χ1n) is 10.6. The van der Waals surface area contributed by atoms with Gasteiger partial charge in [0.1, 0.15) is 0 Å². The molecule has 150 valence electrons. The van der Waals surface area contributed by atoms with Crippen LogP contribution in [0.25, 0.3) is 22.3 Å². The number of benzene rings is 3. The molecule has 0 saturated heterocycles. The fourth-order valence-corrected chi connectivity index (χ4v) is 4.37. The van der Waals surface area contributed by atoms with Gasteiger partial charge in [0, 0.05) is 16.8 Å². The van der Waals surface area contributed by atoms with Crippen LogP contribution in [0.2, 0.25) is 0 Å². The summed E-state index contributed by atoms with van der Waals surface area (Å²) in [7, 11) is 0. The highest BCUT2D eigenvalue weighted by atomic mass is 19.2. The third kappa shape index (κ3) is 3.91. The van der Waals surface area contributed by atoms with Crippen molar-refractivity contribution in [1.82, 2.24) is 0 Å². The van der Waals surface area contributed by atoms with Crippen molar-refractivity contribution < 1.29 is 8.78 Å². The normalized spacial score (nSPS) is 14.8. The summed E-state index contributed by atoms with van der Waals surface area (Å²) in [5.74, 6) is -1.52. The molecule has 3 aromatic rings. The molecule has 0 fully saturated rings. The van der Waals surface area contributed by atoms with Crippen LogP contribution >= 0.6 is 0 Å². The summed E-state index contributed by atoms with van der Waals surface area (Å²) in [6, 6.07) is 18.8. The molecule has 3 aromatic carbocycles. The minimum atomic E-state index is -0.784. The lowest BCUT2D eigenvalue weighted by Crippen LogP contribution is -2.17. The van der Waals surface area contributed by atoms with Crippen LogP contribution in [0.1, 0.15) is 57.1 Å². The summed E-state index contributed by atoms with van der Waals surface area (Å²) in [4.78, 5) is 0. The van der Waals surface area contributed by atoms with Gasteiger partial charge in [-0.25, -0.2) is 8.78 Å². The Morgan fingerprint density at radius 2 is 1.38 bits per heavy atom. The van der Waals surface area contributed by atoms with E-state index in [1.54, 1.807) is 6.07 Å². The number of rotatable bonds is 6. The van der Waals surface area contributed by atoms with Crippen molar-refractivity contribution in [3.8, 4) is 22.3 Å². The second kappa shape index (κ2) is 8.77. The van der Waals surface area contributed by atoms with Gasteiger partial charge in [-0.1, -0.05) is 87.6 Å². The molecular formula is C26H27F2N. The molecule has 0 bridgehead atoms. The number of fused-ring (bicyclic) bond motifs is 5. The van der Waals surface area contributed by atoms with Crippen LogP contribution in [0.5, 0.6) is 0 Å². The lowest BCUT2D eigenvalue weighted by atomic mass is 9.85. The van der Waals surface area contributed by atoms with Gasteiger partial charge in [0.2, 0.25) is 0 Å². The first-order valence-corrected chi connectivity index (χ1v) is 10.6. The van der Waals surface area contributed by atoms with Crippen LogP contribution in [-0.2, 0) is 0 Å². The van der Waals surface area contributed by atoms with Gasteiger partial charge in [0.15, 0.2) is 11.6 Å². The molecule has 1 heterocycles. The summed E-state index contributed by atoms with van der Waals surface area (Å²) in [6.07, 6.45) is 6.45. The zero-order chi connectivity index (χ0) is 20.2. The van der Waals surface area contributed by atoms with Gasteiger partial charge >= 0.3 is 0 Å². The first-order chi connectivity index (χ1) is 14.2. The fourth-order valence-electron chi connectivity index (χ4n) is 4.37. The largest absolute Gasteiger partial charge is 0.378 e. The second-order valence-corrected chi connectivity index (χ2v) is 7.81. The average Bonchev–Trinajstić information content (AvgIpc) is 2.74. The molecule has 4 rings (SSSR count). The highest BCUT2D eigenvalue weighted by molar-refractivity contribution is 5.91. The van der Waals surface area contributed by atoms with Gasteiger partial charge in [0.05, 0.1) is 6.04 Å². The van der Waals surface area contributed by atoms with Crippen LogP contribution in [0.3, 0.4) is 0 Å². The van der Waals surface area contributed by atoms with Crippen molar-refractivity contribution in [2.75, 3.05) is 5.32 Å². The Morgan fingerprint density at radius 1 is 0.724 bits per heavy atom. The predicted octanol–water partition coefficient (Wildman–Crippen LogP) is 8.13. The Hall–Kier alpha value is -2.68. The minimum absolute atomic E-state index is 0.267. The maximum Gasteiger partial charge on any atom is 0.164 e. The Morgan fingerprint density at radius 3 is 2.14 bits per heavy atom. The monoisotopic (exact) mass is 391 g/mol. The van der Waals surface area contributed by atoms with Gasteiger partial charge in [-0.2, -0.15) is 0 Å². The van der Waals surface area contributed by atoms with E-state index in [4.69, 9.17) is 0 Å².